The number of fused-ring (bicyclic) bond motifs is 1. The molecule has 0 aliphatic heterocycles. The summed E-state index contributed by atoms with van der Waals surface area (Å²) in [4.78, 5) is 0. The molecule has 0 aliphatic carbocycles. The van der Waals surface area contributed by atoms with Crippen LogP contribution >= 0.6 is 22.6 Å². The lowest BCUT2D eigenvalue weighted by molar-refractivity contribution is 0.625. The smallest absolute Gasteiger partial charge is 0.164 e. The highest BCUT2D eigenvalue weighted by atomic mass is 127. The second-order valence-corrected chi connectivity index (χ2v) is 3.76. The fourth-order valence-electron chi connectivity index (χ4n) is 1.15. The van der Waals surface area contributed by atoms with E-state index in [1.54, 1.807) is 24.0 Å². The Morgan fingerprint density at radius 2 is 2.25 bits per heavy atom. The molecule has 1 aromatic carbocycles. The van der Waals surface area contributed by atoms with Gasteiger partial charge in [0.15, 0.2) is 5.82 Å². The van der Waals surface area contributed by atoms with Crippen molar-refractivity contribution in [1.29, 1.82) is 0 Å². The van der Waals surface area contributed by atoms with Crippen molar-refractivity contribution in [2.75, 3.05) is 0 Å². The maximum Gasteiger partial charge on any atom is 0.164 e. The molecule has 4 heteroatoms. The first-order valence-corrected chi connectivity index (χ1v) is 4.54. The number of benzene rings is 1. The summed E-state index contributed by atoms with van der Waals surface area (Å²) in [6, 6.07) is 3.62. The first-order valence-electron chi connectivity index (χ1n) is 3.46. The molecule has 1 aromatic heterocycles. The number of aromatic nitrogens is 2. The minimum Gasteiger partial charge on any atom is -0.274 e. The van der Waals surface area contributed by atoms with E-state index in [2.05, 4.69) is 5.10 Å². The highest BCUT2D eigenvalue weighted by Crippen LogP contribution is 2.20. The Morgan fingerprint density at radius 1 is 1.50 bits per heavy atom. The molecule has 0 amide bonds. The minimum absolute atomic E-state index is 0.228. The zero-order valence-corrected chi connectivity index (χ0v) is 8.54. The van der Waals surface area contributed by atoms with E-state index in [1.165, 1.54) is 0 Å². The number of aryl methyl sites for hydroxylation is 1. The van der Waals surface area contributed by atoms with Gasteiger partial charge < -0.3 is 0 Å². The van der Waals surface area contributed by atoms with Gasteiger partial charge in [-0.25, -0.2) is 4.39 Å². The van der Waals surface area contributed by atoms with Gasteiger partial charge in [-0.1, -0.05) is 0 Å². The predicted molar refractivity (Wildman–Crippen MR) is 53.4 cm³/mol. The summed E-state index contributed by atoms with van der Waals surface area (Å²) in [7, 11) is 1.78. The first kappa shape index (κ1) is 7.97. The molecule has 0 radical (unpaired) electrons. The molecular weight excluding hydrogens is 270 g/mol. The van der Waals surface area contributed by atoms with Gasteiger partial charge in [-0.15, -0.1) is 0 Å². The molecule has 0 N–H and O–H groups in total. The van der Waals surface area contributed by atoms with Crippen molar-refractivity contribution < 1.29 is 4.39 Å². The largest absolute Gasteiger partial charge is 0.274 e. The standard InChI is InChI=1S/C8H6FIN2/c1-12-4-5-2-3-6(10)7(9)8(5)11-12/h2-4H,1H3. The topological polar surface area (TPSA) is 17.8 Å². The summed E-state index contributed by atoms with van der Waals surface area (Å²) in [6.45, 7) is 0. The predicted octanol–water partition coefficient (Wildman–Crippen LogP) is 2.32. The minimum atomic E-state index is -0.228. The van der Waals surface area contributed by atoms with Crippen LogP contribution in [-0.4, -0.2) is 9.78 Å². The molecule has 0 saturated heterocycles. The van der Waals surface area contributed by atoms with E-state index in [-0.39, 0.29) is 5.82 Å². The number of hydrogen-bond acceptors (Lipinski definition) is 1. The van der Waals surface area contributed by atoms with Crippen LogP contribution in [-0.2, 0) is 7.05 Å². The molecule has 0 saturated carbocycles. The van der Waals surface area contributed by atoms with Gasteiger partial charge in [-0.3, -0.25) is 4.68 Å². The van der Waals surface area contributed by atoms with Gasteiger partial charge in [-0.2, -0.15) is 5.10 Å². The van der Waals surface area contributed by atoms with Crippen LogP contribution in [0, 0.1) is 9.39 Å². The molecule has 0 spiro atoms. The second kappa shape index (κ2) is 2.69. The number of nitrogens with zero attached hydrogens (tertiary/aromatic N) is 2. The third-order valence-electron chi connectivity index (χ3n) is 1.68. The lowest BCUT2D eigenvalue weighted by Gasteiger charge is -1.92. The molecule has 2 nitrogen and oxygen atoms in total. The van der Waals surface area contributed by atoms with Crippen molar-refractivity contribution in [3.63, 3.8) is 0 Å². The molecule has 0 bridgehead atoms. The average Bonchev–Trinajstić information content (AvgIpc) is 2.39. The summed E-state index contributed by atoms with van der Waals surface area (Å²) in [5.41, 5.74) is 0.449. The third-order valence-corrected chi connectivity index (χ3v) is 2.52. The molecule has 0 atom stereocenters. The van der Waals surface area contributed by atoms with Gasteiger partial charge in [0.25, 0.3) is 0 Å². The van der Waals surface area contributed by atoms with Crippen molar-refractivity contribution in [2.45, 2.75) is 0 Å². The Hall–Kier alpha value is -0.650. The van der Waals surface area contributed by atoms with Crippen LogP contribution in [0.3, 0.4) is 0 Å². The van der Waals surface area contributed by atoms with Crippen molar-refractivity contribution in [3.05, 3.63) is 27.7 Å². The van der Waals surface area contributed by atoms with E-state index in [9.17, 15) is 4.39 Å². The van der Waals surface area contributed by atoms with Crippen LogP contribution in [0.15, 0.2) is 18.3 Å². The Kier molecular flexibility index (Phi) is 1.79. The summed E-state index contributed by atoms with van der Waals surface area (Å²) < 4.78 is 15.6. The van der Waals surface area contributed by atoms with E-state index >= 15 is 0 Å². The highest BCUT2D eigenvalue weighted by Gasteiger charge is 2.07. The Labute approximate surface area is 82.5 Å². The van der Waals surface area contributed by atoms with Gasteiger partial charge in [0.05, 0.1) is 3.57 Å². The third kappa shape index (κ3) is 1.10. The van der Waals surface area contributed by atoms with E-state index in [4.69, 9.17) is 0 Å². The van der Waals surface area contributed by atoms with Crippen LogP contribution in [0.25, 0.3) is 10.9 Å². The first-order chi connectivity index (χ1) is 5.68. The van der Waals surface area contributed by atoms with Crippen LogP contribution in [0.2, 0.25) is 0 Å². The quantitative estimate of drug-likeness (QED) is 0.675. The zero-order chi connectivity index (χ0) is 8.72. The zero-order valence-electron chi connectivity index (χ0n) is 6.38. The molecule has 0 fully saturated rings. The van der Waals surface area contributed by atoms with E-state index in [0.29, 0.717) is 9.09 Å². The Balaban J connectivity index is 2.89. The average molecular weight is 276 g/mol. The SMILES string of the molecule is Cn1cc2ccc(I)c(F)c2n1. The van der Waals surface area contributed by atoms with Gasteiger partial charge >= 0.3 is 0 Å². The maximum atomic E-state index is 13.3. The molecule has 2 aromatic rings. The molecule has 1 heterocycles. The van der Waals surface area contributed by atoms with Crippen LogP contribution < -0.4 is 0 Å². The normalized spacial score (nSPS) is 10.9. The monoisotopic (exact) mass is 276 g/mol. The molecule has 62 valence electrons. The van der Waals surface area contributed by atoms with Gasteiger partial charge in [-0.05, 0) is 34.7 Å². The lowest BCUT2D eigenvalue weighted by atomic mass is 10.2. The fraction of sp³-hybridized carbons (Fsp3) is 0.125. The van der Waals surface area contributed by atoms with Crippen molar-refractivity contribution in [1.82, 2.24) is 9.78 Å². The summed E-state index contributed by atoms with van der Waals surface area (Å²) in [5, 5.41) is 4.85. The molecule has 0 unspecified atom stereocenters. The summed E-state index contributed by atoms with van der Waals surface area (Å²) >= 11 is 1.96. The number of rotatable bonds is 0. The van der Waals surface area contributed by atoms with Crippen LogP contribution in [0.5, 0.6) is 0 Å². The highest BCUT2D eigenvalue weighted by molar-refractivity contribution is 14.1. The lowest BCUT2D eigenvalue weighted by Crippen LogP contribution is -1.87. The Bertz CT molecular complexity index is 436. The van der Waals surface area contributed by atoms with Gasteiger partial charge in [0.1, 0.15) is 5.52 Å². The van der Waals surface area contributed by atoms with Crippen molar-refractivity contribution >= 4 is 33.5 Å². The summed E-state index contributed by atoms with van der Waals surface area (Å²) in [6.07, 6.45) is 1.80. The summed E-state index contributed by atoms with van der Waals surface area (Å²) in [5.74, 6) is -0.228. The molecular formula is C8H6FIN2. The van der Waals surface area contributed by atoms with E-state index < -0.39 is 0 Å². The van der Waals surface area contributed by atoms with Crippen molar-refractivity contribution in [3.8, 4) is 0 Å². The number of hydrogen-bond donors (Lipinski definition) is 0. The van der Waals surface area contributed by atoms with Gasteiger partial charge in [0.2, 0.25) is 0 Å². The van der Waals surface area contributed by atoms with Crippen LogP contribution in [0.1, 0.15) is 0 Å². The maximum absolute atomic E-state index is 13.3. The van der Waals surface area contributed by atoms with Crippen molar-refractivity contribution in [2.24, 2.45) is 7.05 Å². The van der Waals surface area contributed by atoms with Gasteiger partial charge in [0, 0.05) is 18.6 Å². The second-order valence-electron chi connectivity index (χ2n) is 2.60. The van der Waals surface area contributed by atoms with E-state index in [0.717, 1.165) is 5.39 Å². The molecule has 2 rings (SSSR count). The Morgan fingerprint density at radius 3 is 3.00 bits per heavy atom. The van der Waals surface area contributed by atoms with Crippen LogP contribution in [0.4, 0.5) is 4.39 Å². The molecule has 0 aliphatic rings. The fourth-order valence-corrected chi connectivity index (χ4v) is 1.58. The number of halogens is 2. The molecule has 12 heavy (non-hydrogen) atoms. The van der Waals surface area contributed by atoms with E-state index in [1.807, 2.05) is 28.7 Å².